The molecule has 0 radical (unpaired) electrons. The zero-order chi connectivity index (χ0) is 14.1. The van der Waals surface area contributed by atoms with Gasteiger partial charge >= 0.3 is 11.9 Å². The van der Waals surface area contributed by atoms with Gasteiger partial charge in [-0.3, -0.25) is 10.1 Å². The van der Waals surface area contributed by atoms with Gasteiger partial charge in [-0.2, -0.15) is 13.2 Å². The summed E-state index contributed by atoms with van der Waals surface area (Å²) in [5.74, 6) is -0.743. The summed E-state index contributed by atoms with van der Waals surface area (Å²) in [6, 6.07) is 1.34. The number of rotatable bonds is 2. The van der Waals surface area contributed by atoms with Crippen LogP contribution in [-0.4, -0.2) is 12.0 Å². The van der Waals surface area contributed by atoms with Crippen molar-refractivity contribution >= 4 is 5.69 Å². The third-order valence-electron chi connectivity index (χ3n) is 1.59. The molecule has 7 heteroatoms. The second kappa shape index (κ2) is 3.76. The highest BCUT2D eigenvalue weighted by Crippen LogP contribution is 2.35. The van der Waals surface area contributed by atoms with E-state index in [1.165, 1.54) is 0 Å². The Balaban J connectivity index is 3.26. The predicted octanol–water partition coefficient (Wildman–Crippen LogP) is 2.62. The number of ether oxygens (including phenoxy) is 1. The summed E-state index contributed by atoms with van der Waals surface area (Å²) in [7, 11) is -2.98. The van der Waals surface area contributed by atoms with E-state index in [9.17, 15) is 23.3 Å². The van der Waals surface area contributed by atoms with Gasteiger partial charge in [0.15, 0.2) is 5.75 Å². The third-order valence-corrected chi connectivity index (χ3v) is 1.59. The van der Waals surface area contributed by atoms with E-state index < -0.39 is 35.1 Å². The number of alkyl halides is 3. The molecule has 0 aromatic heterocycles. The van der Waals surface area contributed by atoms with Crippen molar-refractivity contribution in [2.45, 2.75) is 6.18 Å². The minimum Gasteiger partial charge on any atom is -0.490 e. The fourth-order valence-electron chi connectivity index (χ4n) is 0.923. The van der Waals surface area contributed by atoms with Gasteiger partial charge in [-0.25, -0.2) is 0 Å². The molecule has 0 saturated heterocycles. The first-order valence-corrected chi connectivity index (χ1v) is 3.55. The lowest BCUT2D eigenvalue weighted by atomic mass is 10.2. The van der Waals surface area contributed by atoms with Crippen LogP contribution in [0.1, 0.15) is 9.68 Å². The predicted molar refractivity (Wildman–Crippen MR) is 44.7 cm³/mol. The third kappa shape index (κ3) is 2.36. The molecule has 0 saturated carbocycles. The Labute approximate surface area is 86.6 Å². The Morgan fingerprint density at radius 3 is 2.67 bits per heavy atom. The van der Waals surface area contributed by atoms with E-state index in [1.807, 2.05) is 0 Å². The molecule has 0 bridgehead atoms. The minimum atomic E-state index is -4.76. The van der Waals surface area contributed by atoms with Gasteiger partial charge in [-0.05, 0) is 12.1 Å². The molecule has 0 N–H and O–H groups in total. The van der Waals surface area contributed by atoms with Crippen LogP contribution in [0.3, 0.4) is 0 Å². The maximum absolute atomic E-state index is 12.3. The lowest BCUT2D eigenvalue weighted by Gasteiger charge is -2.07. The molecule has 0 aliphatic rings. The lowest BCUT2D eigenvalue weighted by Crippen LogP contribution is -2.06. The minimum absolute atomic E-state index is 0.223. The van der Waals surface area contributed by atoms with Crippen LogP contribution in [0.4, 0.5) is 18.9 Å². The molecule has 0 spiro atoms. The van der Waals surface area contributed by atoms with Gasteiger partial charge in [0.1, 0.15) is 0 Å². The number of nitro benzene ring substituents is 1. The summed E-state index contributed by atoms with van der Waals surface area (Å²) in [5, 5.41) is 10.6. The van der Waals surface area contributed by atoms with Gasteiger partial charge in [0, 0.05) is 6.07 Å². The molecule has 0 atom stereocenters. The van der Waals surface area contributed by atoms with Crippen molar-refractivity contribution in [3.8, 4) is 5.75 Å². The molecule has 0 unspecified atom stereocenters. The summed E-state index contributed by atoms with van der Waals surface area (Å²) in [5.41, 5.74) is -2.31. The molecule has 0 fully saturated rings. The van der Waals surface area contributed by atoms with Crippen molar-refractivity contribution in [2.75, 3.05) is 7.04 Å². The number of benzene rings is 1. The van der Waals surface area contributed by atoms with E-state index in [1.54, 1.807) is 0 Å². The number of methoxy groups -OCH3 is 1. The normalized spacial score (nSPS) is 15.0. The zero-order valence-corrected chi connectivity index (χ0v) is 7.04. The van der Waals surface area contributed by atoms with Crippen LogP contribution in [0.25, 0.3) is 0 Å². The molecule has 4 nitrogen and oxygen atoms in total. The average Bonchev–Trinajstić information content (AvgIpc) is 2.13. The maximum Gasteiger partial charge on any atom is 0.416 e. The molecule has 0 aliphatic heterocycles. The summed E-state index contributed by atoms with van der Waals surface area (Å²) in [4.78, 5) is 9.42. The fraction of sp³-hybridized carbons (Fsp3) is 0.250. The van der Waals surface area contributed by atoms with Crippen molar-refractivity contribution < 1.29 is 26.9 Å². The molecular weight excluding hydrogens is 215 g/mol. The topological polar surface area (TPSA) is 52.4 Å². The monoisotopic (exact) mass is 224 g/mol. The van der Waals surface area contributed by atoms with Gasteiger partial charge in [0.25, 0.3) is 0 Å². The summed E-state index contributed by atoms with van der Waals surface area (Å²) < 4.78 is 61.5. The molecule has 82 valence electrons. The van der Waals surface area contributed by atoms with Gasteiger partial charge in [-0.15, -0.1) is 0 Å². The van der Waals surface area contributed by atoms with Crippen LogP contribution in [0.15, 0.2) is 18.2 Å². The first kappa shape index (κ1) is 7.49. The van der Waals surface area contributed by atoms with Crippen molar-refractivity contribution in [3.63, 3.8) is 0 Å². The largest absolute Gasteiger partial charge is 0.490 e. The van der Waals surface area contributed by atoms with Gasteiger partial charge in [-0.1, -0.05) is 0 Å². The van der Waals surface area contributed by atoms with Crippen LogP contribution < -0.4 is 4.74 Å². The molecule has 1 rings (SSSR count). The first-order valence-electron chi connectivity index (χ1n) is 5.05. The zero-order valence-electron chi connectivity index (χ0n) is 10.0. The lowest BCUT2D eigenvalue weighted by molar-refractivity contribution is -0.386. The Hall–Kier alpha value is -1.79. The van der Waals surface area contributed by atoms with E-state index in [4.69, 9.17) is 4.11 Å². The second-order valence-corrected chi connectivity index (χ2v) is 2.54. The van der Waals surface area contributed by atoms with Crippen molar-refractivity contribution in [1.29, 1.82) is 0 Å². The number of nitro groups is 1. The molecule has 1 aromatic rings. The second-order valence-electron chi connectivity index (χ2n) is 2.54. The fourth-order valence-corrected chi connectivity index (χ4v) is 0.923. The van der Waals surface area contributed by atoms with Crippen LogP contribution in [0, 0.1) is 10.1 Å². The van der Waals surface area contributed by atoms with Gasteiger partial charge < -0.3 is 4.74 Å². The summed E-state index contributed by atoms with van der Waals surface area (Å²) in [6.07, 6.45) is -4.76. The number of hydrogen-bond donors (Lipinski definition) is 0. The van der Waals surface area contributed by atoms with E-state index in [0.717, 1.165) is 0 Å². The van der Waals surface area contributed by atoms with Crippen LogP contribution in [0.5, 0.6) is 5.75 Å². The number of halogens is 3. The Bertz CT molecular complexity index is 473. The van der Waals surface area contributed by atoms with Gasteiger partial charge in [0.2, 0.25) is 0 Å². The Kier molecular flexibility index (Phi) is 1.88. The molecule has 0 heterocycles. The highest BCUT2D eigenvalue weighted by Gasteiger charge is 2.33. The molecule has 0 aliphatic carbocycles. The molecule has 0 amide bonds. The maximum atomic E-state index is 12.3. The highest BCUT2D eigenvalue weighted by atomic mass is 19.4. The van der Waals surface area contributed by atoms with Crippen LogP contribution >= 0.6 is 0 Å². The highest BCUT2D eigenvalue weighted by molar-refractivity contribution is 5.49. The van der Waals surface area contributed by atoms with E-state index in [-0.39, 0.29) is 6.07 Å². The quantitative estimate of drug-likeness (QED) is 0.573. The van der Waals surface area contributed by atoms with E-state index in [0.29, 0.717) is 12.1 Å². The van der Waals surface area contributed by atoms with E-state index in [2.05, 4.69) is 4.74 Å². The molecule has 15 heavy (non-hydrogen) atoms. The smallest absolute Gasteiger partial charge is 0.416 e. The number of hydrogen-bond acceptors (Lipinski definition) is 3. The first-order chi connectivity index (χ1) is 8.00. The average molecular weight is 224 g/mol. The van der Waals surface area contributed by atoms with Crippen molar-refractivity contribution in [3.05, 3.63) is 33.9 Å². The SMILES string of the molecule is [2H]C([2H])([2H])Oc1ccc(C(F)(F)F)cc1[N+](=O)[O-]. The molecule has 1 aromatic carbocycles. The number of nitrogens with zero attached hydrogens (tertiary/aromatic N) is 1. The van der Waals surface area contributed by atoms with Crippen molar-refractivity contribution in [2.24, 2.45) is 0 Å². The Morgan fingerprint density at radius 2 is 2.20 bits per heavy atom. The van der Waals surface area contributed by atoms with Crippen molar-refractivity contribution in [1.82, 2.24) is 0 Å². The molecular formula is C8H6F3NO3. The summed E-state index contributed by atoms with van der Waals surface area (Å²) in [6.45, 7) is 0. The van der Waals surface area contributed by atoms with Crippen LogP contribution in [0.2, 0.25) is 0 Å². The van der Waals surface area contributed by atoms with Gasteiger partial charge in [0.05, 0.1) is 21.6 Å². The van der Waals surface area contributed by atoms with E-state index >= 15 is 0 Å². The standard InChI is InChI=1S/C8H6F3NO3/c1-15-7-3-2-5(8(9,10)11)4-6(7)12(13)14/h2-4H,1H3/i1D3. The summed E-state index contributed by atoms with van der Waals surface area (Å²) >= 11 is 0. The Morgan fingerprint density at radius 1 is 1.53 bits per heavy atom. The van der Waals surface area contributed by atoms with Crippen LogP contribution in [-0.2, 0) is 6.18 Å².